The minimum absolute atomic E-state index is 0.293. The number of carbonyl (C=O) groups excluding carboxylic acids is 1. The summed E-state index contributed by atoms with van der Waals surface area (Å²) in [5.74, 6) is 0.979. The molecule has 0 N–H and O–H groups in total. The van der Waals surface area contributed by atoms with Crippen LogP contribution in [0.5, 0.6) is 0 Å². The standard InChI is InChI=1S/C14H20N2O/c1-2-14(17)16-9-6-12(7-10-16)11-13-5-3-4-8-15-13/h3-5,8,12H,2,6-7,9-11H2,1H3. The second-order valence-electron chi connectivity index (χ2n) is 4.70. The molecule has 1 aromatic heterocycles. The van der Waals surface area contributed by atoms with E-state index in [4.69, 9.17) is 0 Å². The lowest BCUT2D eigenvalue weighted by atomic mass is 9.92. The number of rotatable bonds is 3. The zero-order valence-electron chi connectivity index (χ0n) is 10.4. The number of hydrogen-bond donors (Lipinski definition) is 0. The van der Waals surface area contributed by atoms with Crippen molar-refractivity contribution in [2.45, 2.75) is 32.6 Å². The van der Waals surface area contributed by atoms with Crippen molar-refractivity contribution in [3.05, 3.63) is 30.1 Å². The molecule has 0 saturated carbocycles. The summed E-state index contributed by atoms with van der Waals surface area (Å²) in [6.45, 7) is 3.77. The quantitative estimate of drug-likeness (QED) is 0.801. The minimum Gasteiger partial charge on any atom is -0.343 e. The molecule has 0 spiro atoms. The van der Waals surface area contributed by atoms with E-state index in [1.165, 1.54) is 5.69 Å². The Labute approximate surface area is 103 Å². The zero-order valence-corrected chi connectivity index (χ0v) is 10.4. The van der Waals surface area contributed by atoms with Crippen molar-refractivity contribution in [3.8, 4) is 0 Å². The summed E-state index contributed by atoms with van der Waals surface area (Å²) in [4.78, 5) is 17.9. The molecule has 3 nitrogen and oxygen atoms in total. The van der Waals surface area contributed by atoms with Gasteiger partial charge in [0.2, 0.25) is 5.91 Å². The lowest BCUT2D eigenvalue weighted by Gasteiger charge is -2.31. The molecule has 1 saturated heterocycles. The van der Waals surface area contributed by atoms with Gasteiger partial charge in [-0.25, -0.2) is 0 Å². The molecule has 1 amide bonds. The van der Waals surface area contributed by atoms with Gasteiger partial charge in [-0.2, -0.15) is 0 Å². The molecule has 0 aliphatic carbocycles. The van der Waals surface area contributed by atoms with Gasteiger partial charge in [-0.05, 0) is 37.3 Å². The first-order chi connectivity index (χ1) is 8.29. The van der Waals surface area contributed by atoms with Crippen molar-refractivity contribution in [1.82, 2.24) is 9.88 Å². The highest BCUT2D eigenvalue weighted by atomic mass is 16.2. The number of aromatic nitrogens is 1. The molecule has 2 heterocycles. The van der Waals surface area contributed by atoms with E-state index >= 15 is 0 Å². The smallest absolute Gasteiger partial charge is 0.222 e. The third-order valence-electron chi connectivity index (χ3n) is 3.49. The maximum absolute atomic E-state index is 11.5. The van der Waals surface area contributed by atoms with Crippen LogP contribution >= 0.6 is 0 Å². The van der Waals surface area contributed by atoms with Crippen LogP contribution in [0.3, 0.4) is 0 Å². The van der Waals surface area contributed by atoms with Gasteiger partial charge in [0.15, 0.2) is 0 Å². The van der Waals surface area contributed by atoms with Gasteiger partial charge in [-0.3, -0.25) is 9.78 Å². The molecule has 0 unspecified atom stereocenters. The van der Waals surface area contributed by atoms with Crippen molar-refractivity contribution in [2.24, 2.45) is 5.92 Å². The molecule has 92 valence electrons. The summed E-state index contributed by atoms with van der Waals surface area (Å²) < 4.78 is 0. The Morgan fingerprint density at radius 2 is 2.18 bits per heavy atom. The number of amides is 1. The molecule has 1 fully saturated rings. The molecule has 0 aromatic carbocycles. The van der Waals surface area contributed by atoms with Gasteiger partial charge in [-0.15, -0.1) is 0 Å². The highest BCUT2D eigenvalue weighted by molar-refractivity contribution is 5.75. The van der Waals surface area contributed by atoms with Gasteiger partial charge in [0.05, 0.1) is 0 Å². The van der Waals surface area contributed by atoms with E-state index in [0.717, 1.165) is 32.4 Å². The van der Waals surface area contributed by atoms with Crippen LogP contribution in [0.2, 0.25) is 0 Å². The van der Waals surface area contributed by atoms with Gasteiger partial charge in [0.1, 0.15) is 0 Å². The Balaban J connectivity index is 1.82. The van der Waals surface area contributed by atoms with E-state index in [1.807, 2.05) is 30.2 Å². The molecular weight excluding hydrogens is 212 g/mol. The van der Waals surface area contributed by atoms with Gasteiger partial charge in [0.25, 0.3) is 0 Å². The predicted octanol–water partition coefficient (Wildman–Crippen LogP) is 2.27. The number of hydrogen-bond acceptors (Lipinski definition) is 2. The second-order valence-corrected chi connectivity index (χ2v) is 4.70. The normalized spacial score (nSPS) is 17.1. The SMILES string of the molecule is CCC(=O)N1CCC(Cc2ccccn2)CC1. The fraction of sp³-hybridized carbons (Fsp3) is 0.571. The molecule has 1 aliphatic rings. The maximum Gasteiger partial charge on any atom is 0.222 e. The molecule has 2 rings (SSSR count). The Hall–Kier alpha value is -1.38. The summed E-state index contributed by atoms with van der Waals surface area (Å²) in [5.41, 5.74) is 1.17. The number of likely N-dealkylation sites (tertiary alicyclic amines) is 1. The van der Waals surface area contributed by atoms with E-state index in [9.17, 15) is 4.79 Å². The zero-order chi connectivity index (χ0) is 12.1. The lowest BCUT2D eigenvalue weighted by molar-refractivity contribution is -0.132. The third-order valence-corrected chi connectivity index (χ3v) is 3.49. The van der Waals surface area contributed by atoms with Gasteiger partial charge in [0, 0.05) is 31.4 Å². The lowest BCUT2D eigenvalue weighted by Crippen LogP contribution is -2.38. The van der Waals surface area contributed by atoms with E-state index < -0.39 is 0 Å². The largest absolute Gasteiger partial charge is 0.343 e. The Morgan fingerprint density at radius 1 is 1.41 bits per heavy atom. The Morgan fingerprint density at radius 3 is 2.76 bits per heavy atom. The van der Waals surface area contributed by atoms with Crippen LogP contribution in [0, 0.1) is 5.92 Å². The Kier molecular flexibility index (Phi) is 4.13. The fourth-order valence-corrected chi connectivity index (χ4v) is 2.42. The van der Waals surface area contributed by atoms with Gasteiger partial charge >= 0.3 is 0 Å². The van der Waals surface area contributed by atoms with Crippen molar-refractivity contribution in [2.75, 3.05) is 13.1 Å². The first-order valence-electron chi connectivity index (χ1n) is 6.47. The number of pyridine rings is 1. The average Bonchev–Trinajstić information content (AvgIpc) is 2.40. The van der Waals surface area contributed by atoms with E-state index in [0.29, 0.717) is 18.2 Å². The first-order valence-corrected chi connectivity index (χ1v) is 6.47. The van der Waals surface area contributed by atoms with Crippen LogP contribution in [0.25, 0.3) is 0 Å². The van der Waals surface area contributed by atoms with E-state index in [1.54, 1.807) is 0 Å². The van der Waals surface area contributed by atoms with Crippen LogP contribution in [0.4, 0.5) is 0 Å². The van der Waals surface area contributed by atoms with Crippen LogP contribution in [0.15, 0.2) is 24.4 Å². The highest BCUT2D eigenvalue weighted by Gasteiger charge is 2.21. The van der Waals surface area contributed by atoms with Crippen molar-refractivity contribution in [3.63, 3.8) is 0 Å². The van der Waals surface area contributed by atoms with Crippen LogP contribution in [-0.4, -0.2) is 28.9 Å². The van der Waals surface area contributed by atoms with Crippen molar-refractivity contribution < 1.29 is 4.79 Å². The molecule has 1 aliphatic heterocycles. The topological polar surface area (TPSA) is 33.2 Å². The third kappa shape index (κ3) is 3.29. The summed E-state index contributed by atoms with van der Waals surface area (Å²) in [6, 6.07) is 6.08. The van der Waals surface area contributed by atoms with Gasteiger partial charge in [-0.1, -0.05) is 13.0 Å². The summed E-state index contributed by atoms with van der Waals surface area (Å²) in [5, 5.41) is 0. The summed E-state index contributed by atoms with van der Waals surface area (Å²) >= 11 is 0. The van der Waals surface area contributed by atoms with Crippen molar-refractivity contribution in [1.29, 1.82) is 0 Å². The molecular formula is C14H20N2O. The number of nitrogens with zero attached hydrogens (tertiary/aromatic N) is 2. The maximum atomic E-state index is 11.5. The van der Waals surface area contributed by atoms with E-state index in [2.05, 4.69) is 11.1 Å². The number of piperidine rings is 1. The molecule has 1 aromatic rings. The second kappa shape index (κ2) is 5.80. The first kappa shape index (κ1) is 12.1. The summed E-state index contributed by atoms with van der Waals surface area (Å²) in [7, 11) is 0. The highest BCUT2D eigenvalue weighted by Crippen LogP contribution is 2.21. The molecule has 0 bridgehead atoms. The summed E-state index contributed by atoms with van der Waals surface area (Å²) in [6.07, 6.45) is 5.76. The molecule has 3 heteroatoms. The molecule has 0 radical (unpaired) electrons. The van der Waals surface area contributed by atoms with Crippen LogP contribution in [0.1, 0.15) is 31.9 Å². The predicted molar refractivity (Wildman–Crippen MR) is 67.5 cm³/mol. The minimum atomic E-state index is 0.293. The van der Waals surface area contributed by atoms with Crippen LogP contribution in [-0.2, 0) is 11.2 Å². The number of carbonyl (C=O) groups is 1. The monoisotopic (exact) mass is 232 g/mol. The van der Waals surface area contributed by atoms with Crippen molar-refractivity contribution >= 4 is 5.91 Å². The van der Waals surface area contributed by atoms with Crippen LogP contribution < -0.4 is 0 Å². The average molecular weight is 232 g/mol. The fourth-order valence-electron chi connectivity index (χ4n) is 2.42. The molecule has 0 atom stereocenters. The van der Waals surface area contributed by atoms with Gasteiger partial charge < -0.3 is 4.90 Å². The van der Waals surface area contributed by atoms with E-state index in [-0.39, 0.29) is 0 Å². The Bertz CT molecular complexity index is 356. The molecule has 17 heavy (non-hydrogen) atoms.